The van der Waals surface area contributed by atoms with Crippen molar-refractivity contribution in [2.24, 2.45) is 7.05 Å². The standard InChI is InChI=1S/C12H15BrN4O/c1-17-9-15-12(16-17)8-14-5-6-18-11-4-2-3-10(13)7-11/h2-4,7,9,14H,5-6,8H2,1H3. The third-order valence-electron chi connectivity index (χ3n) is 2.27. The molecule has 6 heteroatoms. The van der Waals surface area contributed by atoms with Gasteiger partial charge in [0.2, 0.25) is 0 Å². The Kier molecular flexibility index (Phi) is 4.72. The van der Waals surface area contributed by atoms with Crippen LogP contribution in [0.4, 0.5) is 0 Å². The third kappa shape index (κ3) is 4.12. The Balaban J connectivity index is 1.64. The highest BCUT2D eigenvalue weighted by atomic mass is 79.9. The van der Waals surface area contributed by atoms with Gasteiger partial charge in [-0.3, -0.25) is 4.68 Å². The molecule has 18 heavy (non-hydrogen) atoms. The molecule has 0 saturated heterocycles. The zero-order valence-corrected chi connectivity index (χ0v) is 11.7. The predicted octanol–water partition coefficient (Wildman–Crippen LogP) is 1.75. The van der Waals surface area contributed by atoms with Gasteiger partial charge in [-0.25, -0.2) is 4.98 Å². The minimum absolute atomic E-state index is 0.614. The van der Waals surface area contributed by atoms with E-state index in [1.807, 2.05) is 31.3 Å². The molecule has 0 amide bonds. The number of aryl methyl sites for hydroxylation is 1. The van der Waals surface area contributed by atoms with E-state index in [0.717, 1.165) is 22.6 Å². The van der Waals surface area contributed by atoms with Crippen LogP contribution in [0.1, 0.15) is 5.82 Å². The van der Waals surface area contributed by atoms with E-state index in [4.69, 9.17) is 4.74 Å². The summed E-state index contributed by atoms with van der Waals surface area (Å²) < 4.78 is 8.30. The molecular formula is C12H15BrN4O. The fraction of sp³-hybridized carbons (Fsp3) is 0.333. The van der Waals surface area contributed by atoms with Crippen molar-refractivity contribution in [2.75, 3.05) is 13.2 Å². The molecule has 0 unspecified atom stereocenters. The van der Waals surface area contributed by atoms with Gasteiger partial charge in [0.05, 0.1) is 6.54 Å². The molecule has 0 aliphatic carbocycles. The van der Waals surface area contributed by atoms with Crippen LogP contribution in [0, 0.1) is 0 Å². The Morgan fingerprint density at radius 1 is 1.44 bits per heavy atom. The summed E-state index contributed by atoms with van der Waals surface area (Å²) in [7, 11) is 1.85. The molecule has 0 bridgehead atoms. The first-order valence-corrected chi connectivity index (χ1v) is 6.47. The van der Waals surface area contributed by atoms with Crippen molar-refractivity contribution in [3.8, 4) is 5.75 Å². The van der Waals surface area contributed by atoms with Gasteiger partial charge in [-0.15, -0.1) is 0 Å². The van der Waals surface area contributed by atoms with Crippen LogP contribution in [-0.4, -0.2) is 27.9 Å². The zero-order valence-electron chi connectivity index (χ0n) is 10.1. The van der Waals surface area contributed by atoms with E-state index in [9.17, 15) is 0 Å². The van der Waals surface area contributed by atoms with Crippen molar-refractivity contribution in [3.63, 3.8) is 0 Å². The second-order valence-electron chi connectivity index (χ2n) is 3.82. The summed E-state index contributed by atoms with van der Waals surface area (Å²) in [6.45, 7) is 2.02. The number of halogens is 1. The zero-order chi connectivity index (χ0) is 12.8. The van der Waals surface area contributed by atoms with Crippen LogP contribution in [0.25, 0.3) is 0 Å². The monoisotopic (exact) mass is 310 g/mol. The molecule has 0 saturated carbocycles. The fourth-order valence-electron chi connectivity index (χ4n) is 1.46. The van der Waals surface area contributed by atoms with E-state index in [-0.39, 0.29) is 0 Å². The number of hydrogen-bond donors (Lipinski definition) is 1. The molecule has 1 aromatic carbocycles. The van der Waals surface area contributed by atoms with Crippen molar-refractivity contribution < 1.29 is 4.74 Å². The molecule has 0 atom stereocenters. The Hall–Kier alpha value is -1.40. The molecule has 1 heterocycles. The molecule has 2 rings (SSSR count). The summed E-state index contributed by atoms with van der Waals surface area (Å²) >= 11 is 3.40. The fourth-order valence-corrected chi connectivity index (χ4v) is 1.84. The maximum atomic E-state index is 5.59. The third-order valence-corrected chi connectivity index (χ3v) is 2.77. The molecular weight excluding hydrogens is 296 g/mol. The van der Waals surface area contributed by atoms with E-state index in [0.29, 0.717) is 13.2 Å². The van der Waals surface area contributed by atoms with Crippen molar-refractivity contribution in [1.82, 2.24) is 20.1 Å². The van der Waals surface area contributed by atoms with Crippen molar-refractivity contribution in [2.45, 2.75) is 6.54 Å². The molecule has 96 valence electrons. The average Bonchev–Trinajstić information content (AvgIpc) is 2.75. The lowest BCUT2D eigenvalue weighted by Gasteiger charge is -2.06. The van der Waals surface area contributed by atoms with Crippen LogP contribution >= 0.6 is 15.9 Å². The smallest absolute Gasteiger partial charge is 0.164 e. The number of hydrogen-bond acceptors (Lipinski definition) is 4. The van der Waals surface area contributed by atoms with Crippen LogP contribution in [0.15, 0.2) is 35.1 Å². The van der Waals surface area contributed by atoms with Crippen molar-refractivity contribution >= 4 is 15.9 Å². The first kappa shape index (κ1) is 13.0. The minimum atomic E-state index is 0.614. The average molecular weight is 311 g/mol. The number of ether oxygens (including phenoxy) is 1. The van der Waals surface area contributed by atoms with E-state index < -0.39 is 0 Å². The number of nitrogens with one attached hydrogen (secondary N) is 1. The van der Waals surface area contributed by atoms with Crippen LogP contribution < -0.4 is 10.1 Å². The van der Waals surface area contributed by atoms with E-state index in [1.165, 1.54) is 0 Å². The minimum Gasteiger partial charge on any atom is -0.492 e. The summed E-state index contributed by atoms with van der Waals surface area (Å²) in [5.41, 5.74) is 0. The molecule has 5 nitrogen and oxygen atoms in total. The van der Waals surface area contributed by atoms with Gasteiger partial charge in [0.25, 0.3) is 0 Å². The first-order valence-electron chi connectivity index (χ1n) is 5.67. The van der Waals surface area contributed by atoms with Crippen LogP contribution in [0.2, 0.25) is 0 Å². The van der Waals surface area contributed by atoms with Crippen molar-refractivity contribution in [3.05, 3.63) is 40.9 Å². The number of aromatic nitrogens is 3. The molecule has 0 aliphatic heterocycles. The van der Waals surface area contributed by atoms with E-state index in [2.05, 4.69) is 31.3 Å². The SMILES string of the molecule is Cn1cnc(CNCCOc2cccc(Br)c2)n1. The van der Waals surface area contributed by atoms with Gasteiger partial charge in [-0.2, -0.15) is 5.10 Å². The summed E-state index contributed by atoms with van der Waals surface area (Å²) in [6.07, 6.45) is 1.69. The molecule has 0 fully saturated rings. The summed E-state index contributed by atoms with van der Waals surface area (Å²) in [6, 6.07) is 7.80. The highest BCUT2D eigenvalue weighted by molar-refractivity contribution is 9.10. The number of rotatable bonds is 6. The lowest BCUT2D eigenvalue weighted by atomic mass is 10.3. The second kappa shape index (κ2) is 6.51. The Morgan fingerprint density at radius 3 is 3.06 bits per heavy atom. The Labute approximate surface area is 114 Å². The first-order chi connectivity index (χ1) is 8.74. The predicted molar refractivity (Wildman–Crippen MR) is 72.3 cm³/mol. The van der Waals surface area contributed by atoms with Gasteiger partial charge in [0.1, 0.15) is 18.7 Å². The van der Waals surface area contributed by atoms with Gasteiger partial charge < -0.3 is 10.1 Å². The molecule has 1 N–H and O–H groups in total. The second-order valence-corrected chi connectivity index (χ2v) is 4.73. The maximum Gasteiger partial charge on any atom is 0.164 e. The van der Waals surface area contributed by atoms with Crippen LogP contribution in [-0.2, 0) is 13.6 Å². The summed E-state index contributed by atoms with van der Waals surface area (Å²) in [4.78, 5) is 4.13. The van der Waals surface area contributed by atoms with Gasteiger partial charge in [0.15, 0.2) is 5.82 Å². The molecule has 0 aliphatic rings. The molecule has 0 radical (unpaired) electrons. The van der Waals surface area contributed by atoms with E-state index >= 15 is 0 Å². The maximum absolute atomic E-state index is 5.59. The number of nitrogens with zero attached hydrogens (tertiary/aromatic N) is 3. The van der Waals surface area contributed by atoms with Gasteiger partial charge in [0, 0.05) is 18.1 Å². The Bertz CT molecular complexity index is 500. The topological polar surface area (TPSA) is 52.0 Å². The van der Waals surface area contributed by atoms with Gasteiger partial charge in [-0.1, -0.05) is 22.0 Å². The lowest BCUT2D eigenvalue weighted by Crippen LogP contribution is -2.21. The highest BCUT2D eigenvalue weighted by Crippen LogP contribution is 2.17. The quantitative estimate of drug-likeness (QED) is 0.826. The summed E-state index contributed by atoms with van der Waals surface area (Å²) in [5, 5.41) is 7.40. The van der Waals surface area contributed by atoms with Gasteiger partial charge in [-0.05, 0) is 18.2 Å². The summed E-state index contributed by atoms with van der Waals surface area (Å²) in [5.74, 6) is 1.65. The molecule has 2 aromatic rings. The normalized spacial score (nSPS) is 10.6. The van der Waals surface area contributed by atoms with E-state index in [1.54, 1.807) is 11.0 Å². The van der Waals surface area contributed by atoms with Crippen LogP contribution in [0.5, 0.6) is 5.75 Å². The van der Waals surface area contributed by atoms with Crippen LogP contribution in [0.3, 0.4) is 0 Å². The van der Waals surface area contributed by atoms with Gasteiger partial charge >= 0.3 is 0 Å². The molecule has 0 spiro atoms. The largest absolute Gasteiger partial charge is 0.492 e. The number of benzene rings is 1. The Morgan fingerprint density at radius 2 is 2.33 bits per heavy atom. The highest BCUT2D eigenvalue weighted by Gasteiger charge is 1.98. The molecule has 1 aromatic heterocycles. The van der Waals surface area contributed by atoms with Crippen molar-refractivity contribution in [1.29, 1.82) is 0 Å². The lowest BCUT2D eigenvalue weighted by molar-refractivity contribution is 0.313.